The molecule has 0 radical (unpaired) electrons. The molecule has 164 valence electrons. The smallest absolute Gasteiger partial charge is 0.303 e. The van der Waals surface area contributed by atoms with Crippen molar-refractivity contribution < 1.29 is 42.9 Å². The van der Waals surface area contributed by atoms with Crippen molar-refractivity contribution in [1.82, 2.24) is 9.55 Å². The first-order valence-corrected chi connectivity index (χ1v) is 8.84. The minimum absolute atomic E-state index is 0.128. The van der Waals surface area contributed by atoms with Gasteiger partial charge >= 0.3 is 17.9 Å². The maximum absolute atomic E-state index is 12.5. The van der Waals surface area contributed by atoms with E-state index >= 15 is 0 Å². The molecular formula is C18H22N2O10. The number of esters is 3. The highest BCUT2D eigenvalue weighted by atomic mass is 16.6. The fourth-order valence-corrected chi connectivity index (χ4v) is 3.10. The Hall–Kier alpha value is -3.28. The lowest BCUT2D eigenvalue weighted by atomic mass is 9.95. The van der Waals surface area contributed by atoms with Gasteiger partial charge in [-0.05, 0) is 0 Å². The number of aldehydes is 1. The molecule has 0 saturated carbocycles. The van der Waals surface area contributed by atoms with E-state index in [9.17, 15) is 24.0 Å². The van der Waals surface area contributed by atoms with Gasteiger partial charge in [-0.15, -0.1) is 0 Å². The van der Waals surface area contributed by atoms with Crippen LogP contribution in [-0.4, -0.2) is 65.8 Å². The Morgan fingerprint density at radius 2 is 1.63 bits per heavy atom. The molecule has 0 aromatic carbocycles. The van der Waals surface area contributed by atoms with Crippen molar-refractivity contribution in [2.75, 3.05) is 13.7 Å². The van der Waals surface area contributed by atoms with Crippen LogP contribution in [0.5, 0.6) is 6.01 Å². The van der Waals surface area contributed by atoms with Crippen LogP contribution in [0.15, 0.2) is 4.79 Å². The van der Waals surface area contributed by atoms with Crippen LogP contribution in [0.1, 0.15) is 42.9 Å². The maximum atomic E-state index is 12.5. The number of nitrogens with zero attached hydrogens (tertiary/aromatic N) is 2. The van der Waals surface area contributed by atoms with Gasteiger partial charge in [-0.2, -0.15) is 4.98 Å². The number of carbonyl (C=O) groups is 4. The van der Waals surface area contributed by atoms with E-state index in [1.807, 2.05) is 0 Å². The Morgan fingerprint density at radius 3 is 2.13 bits per heavy atom. The molecule has 0 aliphatic carbocycles. The molecule has 1 aromatic heterocycles. The second-order valence-electron chi connectivity index (χ2n) is 6.43. The van der Waals surface area contributed by atoms with Gasteiger partial charge in [-0.1, -0.05) is 0 Å². The van der Waals surface area contributed by atoms with Gasteiger partial charge in [0.25, 0.3) is 11.6 Å². The number of hydrogen-bond donors (Lipinski definition) is 0. The van der Waals surface area contributed by atoms with Crippen molar-refractivity contribution in [3.8, 4) is 6.01 Å². The highest BCUT2D eigenvalue weighted by Gasteiger charge is 2.49. The zero-order valence-electron chi connectivity index (χ0n) is 17.1. The molecule has 12 nitrogen and oxygen atoms in total. The first-order chi connectivity index (χ1) is 14.1. The van der Waals surface area contributed by atoms with Crippen LogP contribution in [0.4, 0.5) is 0 Å². The monoisotopic (exact) mass is 426 g/mol. The molecule has 1 saturated heterocycles. The molecule has 0 amide bonds. The number of aromatic nitrogens is 2. The Labute approximate surface area is 171 Å². The second kappa shape index (κ2) is 9.48. The van der Waals surface area contributed by atoms with E-state index in [1.54, 1.807) is 0 Å². The largest absolute Gasteiger partial charge is 0.468 e. The number of carbonyl (C=O) groups excluding carboxylic acids is 4. The topological polar surface area (TPSA) is 149 Å². The normalized spacial score (nSPS) is 23.2. The number of methoxy groups -OCH3 is 1. The van der Waals surface area contributed by atoms with Crippen LogP contribution in [0.3, 0.4) is 0 Å². The fraction of sp³-hybridized carbons (Fsp3) is 0.556. The summed E-state index contributed by atoms with van der Waals surface area (Å²) in [5.41, 5.74) is -1.24. The van der Waals surface area contributed by atoms with Crippen molar-refractivity contribution in [2.45, 2.75) is 45.2 Å². The van der Waals surface area contributed by atoms with E-state index in [-0.39, 0.29) is 30.2 Å². The van der Waals surface area contributed by atoms with Crippen LogP contribution >= 0.6 is 0 Å². The Morgan fingerprint density at radius 1 is 1.07 bits per heavy atom. The van der Waals surface area contributed by atoms with E-state index in [1.165, 1.54) is 14.2 Å². The minimum Gasteiger partial charge on any atom is -0.468 e. The number of ether oxygens (including phenoxy) is 5. The summed E-state index contributed by atoms with van der Waals surface area (Å²) in [6, 6.07) is -0.128. The molecule has 1 aliphatic rings. The molecule has 30 heavy (non-hydrogen) atoms. The molecule has 0 bridgehead atoms. The van der Waals surface area contributed by atoms with E-state index in [4.69, 9.17) is 23.7 Å². The molecule has 0 spiro atoms. The first kappa shape index (κ1) is 23.0. The molecule has 1 fully saturated rings. The van der Waals surface area contributed by atoms with E-state index in [0.717, 1.165) is 25.3 Å². The first-order valence-electron chi connectivity index (χ1n) is 8.84. The van der Waals surface area contributed by atoms with Crippen molar-refractivity contribution in [2.24, 2.45) is 7.05 Å². The zero-order valence-corrected chi connectivity index (χ0v) is 17.1. The van der Waals surface area contributed by atoms with E-state index in [0.29, 0.717) is 0 Å². The van der Waals surface area contributed by atoms with Crippen molar-refractivity contribution in [3.05, 3.63) is 21.6 Å². The molecule has 4 atom stereocenters. The van der Waals surface area contributed by atoms with Crippen molar-refractivity contribution in [3.63, 3.8) is 0 Å². The lowest BCUT2D eigenvalue weighted by Gasteiger charge is -2.40. The minimum atomic E-state index is -1.37. The molecule has 0 unspecified atom stereocenters. The predicted molar refractivity (Wildman–Crippen MR) is 96.8 cm³/mol. The molecular weight excluding hydrogens is 404 g/mol. The summed E-state index contributed by atoms with van der Waals surface area (Å²) in [5, 5.41) is 0. The SMILES string of the molecule is COc1nc([C@@H]2OC[C@@H](OC(C)=O)[C@H](OC(C)=O)[C@H]2OC(C)=O)c(C=O)c(=O)n1C. The Kier molecular flexibility index (Phi) is 7.27. The van der Waals surface area contributed by atoms with Gasteiger partial charge in [0.15, 0.2) is 24.6 Å². The van der Waals surface area contributed by atoms with Crippen LogP contribution in [0.25, 0.3) is 0 Å². The number of rotatable bonds is 6. The van der Waals surface area contributed by atoms with Gasteiger partial charge in [-0.3, -0.25) is 28.5 Å². The standard InChI is InChI=1S/C18H22N2O10/c1-8(22)28-12-7-27-15(16(30-10(3)24)14(12)29-9(2)23)13-11(6-21)17(25)20(4)18(19-13)26-5/h6,12,14-16H,7H2,1-5H3/t12-,14+,15+,16-/m1/s1. The Bertz CT molecular complexity index is 909. The third kappa shape index (κ3) is 4.82. The highest BCUT2D eigenvalue weighted by molar-refractivity contribution is 5.76. The van der Waals surface area contributed by atoms with Gasteiger partial charge in [0, 0.05) is 27.8 Å². The zero-order chi connectivity index (χ0) is 22.6. The lowest BCUT2D eigenvalue weighted by Crippen LogP contribution is -2.54. The van der Waals surface area contributed by atoms with Gasteiger partial charge < -0.3 is 23.7 Å². The van der Waals surface area contributed by atoms with Gasteiger partial charge in [0.1, 0.15) is 11.7 Å². The second-order valence-corrected chi connectivity index (χ2v) is 6.43. The highest BCUT2D eigenvalue weighted by Crippen LogP contribution is 2.34. The predicted octanol–water partition coefficient (Wildman–Crippen LogP) is -0.532. The maximum Gasteiger partial charge on any atom is 0.303 e. The summed E-state index contributed by atoms with van der Waals surface area (Å²) < 4.78 is 27.4. The summed E-state index contributed by atoms with van der Waals surface area (Å²) in [6.07, 6.45) is -4.73. The van der Waals surface area contributed by atoms with Gasteiger partial charge in [-0.25, -0.2) is 0 Å². The third-order valence-corrected chi connectivity index (χ3v) is 4.23. The fourth-order valence-electron chi connectivity index (χ4n) is 3.10. The summed E-state index contributed by atoms with van der Waals surface area (Å²) in [7, 11) is 2.63. The average Bonchev–Trinajstić information content (AvgIpc) is 2.65. The lowest BCUT2D eigenvalue weighted by molar-refractivity contribution is -0.227. The van der Waals surface area contributed by atoms with Gasteiger partial charge in [0.05, 0.1) is 19.4 Å². The quantitative estimate of drug-likeness (QED) is 0.328. The van der Waals surface area contributed by atoms with Gasteiger partial charge in [0.2, 0.25) is 0 Å². The van der Waals surface area contributed by atoms with Crippen LogP contribution in [-0.2, 0) is 40.4 Å². The summed E-state index contributed by atoms with van der Waals surface area (Å²) >= 11 is 0. The average molecular weight is 426 g/mol. The van der Waals surface area contributed by atoms with Crippen LogP contribution in [0, 0.1) is 0 Å². The van der Waals surface area contributed by atoms with Crippen LogP contribution < -0.4 is 10.3 Å². The summed E-state index contributed by atoms with van der Waals surface area (Å²) in [6.45, 7) is 3.10. The molecule has 2 rings (SSSR count). The third-order valence-electron chi connectivity index (χ3n) is 4.23. The van der Waals surface area contributed by atoms with E-state index in [2.05, 4.69) is 4.98 Å². The van der Waals surface area contributed by atoms with E-state index < -0.39 is 47.9 Å². The molecule has 12 heteroatoms. The van der Waals surface area contributed by atoms with Crippen molar-refractivity contribution in [1.29, 1.82) is 0 Å². The molecule has 2 heterocycles. The van der Waals surface area contributed by atoms with Crippen LogP contribution in [0.2, 0.25) is 0 Å². The molecule has 1 aromatic rings. The molecule has 0 N–H and O–H groups in total. The van der Waals surface area contributed by atoms with Crippen molar-refractivity contribution >= 4 is 24.2 Å². The molecule has 1 aliphatic heterocycles. The summed E-state index contributed by atoms with van der Waals surface area (Å²) in [4.78, 5) is 63.1. The number of hydrogen-bond acceptors (Lipinski definition) is 11. The Balaban J connectivity index is 2.63. The summed E-state index contributed by atoms with van der Waals surface area (Å²) in [5.74, 6) is -2.18.